The summed E-state index contributed by atoms with van der Waals surface area (Å²) in [5, 5.41) is 2.68. The van der Waals surface area contributed by atoms with E-state index in [-0.39, 0.29) is 23.7 Å². The maximum atomic E-state index is 12.4. The maximum absolute atomic E-state index is 12.4. The third kappa shape index (κ3) is 4.44. The predicted molar refractivity (Wildman–Crippen MR) is 64.1 cm³/mol. The summed E-state index contributed by atoms with van der Waals surface area (Å²) in [6, 6.07) is 2.88. The molecule has 0 amide bonds. The molecule has 0 atom stereocenters. The Morgan fingerprint density at radius 2 is 1.94 bits per heavy atom. The van der Waals surface area contributed by atoms with Crippen molar-refractivity contribution in [2.45, 2.75) is 6.18 Å². The van der Waals surface area contributed by atoms with E-state index in [1.165, 1.54) is 6.07 Å². The molecule has 0 spiro atoms. The third-order valence-electron chi connectivity index (χ3n) is 2.17. The van der Waals surface area contributed by atoms with Gasteiger partial charge in [-0.25, -0.2) is 8.42 Å². The highest BCUT2D eigenvalue weighted by Gasteiger charge is 2.30. The number of hydrogen-bond acceptors (Lipinski definition) is 4. The Morgan fingerprint density at radius 3 is 2.39 bits per heavy atom. The number of hydrogen-bond donors (Lipinski definition) is 2. The Kier molecular flexibility index (Phi) is 4.10. The first kappa shape index (κ1) is 14.6. The lowest BCUT2D eigenvalue weighted by Gasteiger charge is -2.12. The second-order valence-corrected chi connectivity index (χ2v) is 6.12. The highest BCUT2D eigenvalue weighted by molar-refractivity contribution is 7.90. The summed E-state index contributed by atoms with van der Waals surface area (Å²) in [4.78, 5) is 0. The summed E-state index contributed by atoms with van der Waals surface area (Å²) in [7, 11) is -3.12. The van der Waals surface area contributed by atoms with Crippen molar-refractivity contribution in [1.82, 2.24) is 0 Å². The molecule has 8 heteroatoms. The molecule has 0 aliphatic rings. The van der Waals surface area contributed by atoms with Gasteiger partial charge in [0.15, 0.2) is 0 Å². The molecule has 0 saturated carbocycles. The number of nitrogens with two attached hydrogens (primary N) is 1. The second-order valence-electron chi connectivity index (χ2n) is 3.86. The van der Waals surface area contributed by atoms with E-state index in [2.05, 4.69) is 5.32 Å². The van der Waals surface area contributed by atoms with Crippen molar-refractivity contribution in [3.63, 3.8) is 0 Å². The summed E-state index contributed by atoms with van der Waals surface area (Å²) in [6.45, 7) is 0.0917. The zero-order chi connectivity index (χ0) is 14.0. The molecule has 0 aliphatic carbocycles. The van der Waals surface area contributed by atoms with E-state index >= 15 is 0 Å². The van der Waals surface area contributed by atoms with E-state index in [9.17, 15) is 21.6 Å². The van der Waals surface area contributed by atoms with E-state index < -0.39 is 21.6 Å². The van der Waals surface area contributed by atoms with Gasteiger partial charge >= 0.3 is 6.18 Å². The number of rotatable bonds is 4. The zero-order valence-electron chi connectivity index (χ0n) is 9.58. The van der Waals surface area contributed by atoms with Crippen LogP contribution >= 0.6 is 0 Å². The van der Waals surface area contributed by atoms with E-state index in [0.717, 1.165) is 18.4 Å². The maximum Gasteiger partial charge on any atom is 0.416 e. The van der Waals surface area contributed by atoms with Gasteiger partial charge in [0, 0.05) is 12.8 Å². The SMILES string of the molecule is CS(=O)(=O)CCNc1ccc(C(F)(F)F)cc1N. The Balaban J connectivity index is 2.75. The number of alkyl halides is 3. The molecule has 0 unspecified atom stereocenters. The van der Waals surface area contributed by atoms with E-state index in [1.54, 1.807) is 0 Å². The first-order chi connectivity index (χ1) is 8.09. The van der Waals surface area contributed by atoms with Crippen LogP contribution in [-0.2, 0) is 16.0 Å². The second kappa shape index (κ2) is 5.05. The van der Waals surface area contributed by atoms with Crippen LogP contribution in [0.4, 0.5) is 24.5 Å². The molecule has 0 fully saturated rings. The van der Waals surface area contributed by atoms with Crippen LogP contribution in [0.2, 0.25) is 0 Å². The normalized spacial score (nSPS) is 12.4. The smallest absolute Gasteiger partial charge is 0.397 e. The molecule has 0 saturated heterocycles. The van der Waals surface area contributed by atoms with Crippen molar-refractivity contribution in [2.24, 2.45) is 0 Å². The van der Waals surface area contributed by atoms with E-state index in [4.69, 9.17) is 5.73 Å². The highest BCUT2D eigenvalue weighted by atomic mass is 32.2. The minimum atomic E-state index is -4.45. The lowest BCUT2D eigenvalue weighted by molar-refractivity contribution is -0.137. The monoisotopic (exact) mass is 282 g/mol. The Hall–Kier alpha value is -1.44. The van der Waals surface area contributed by atoms with Crippen LogP contribution in [0.5, 0.6) is 0 Å². The molecule has 1 aromatic carbocycles. The van der Waals surface area contributed by atoms with Gasteiger partial charge in [0.25, 0.3) is 0 Å². The van der Waals surface area contributed by atoms with Gasteiger partial charge in [-0.3, -0.25) is 0 Å². The van der Waals surface area contributed by atoms with Gasteiger partial charge in [-0.2, -0.15) is 13.2 Å². The van der Waals surface area contributed by atoms with Crippen LogP contribution in [0.25, 0.3) is 0 Å². The number of nitrogen functional groups attached to an aromatic ring is 1. The van der Waals surface area contributed by atoms with Gasteiger partial charge in [-0.05, 0) is 18.2 Å². The molecule has 1 rings (SSSR count). The van der Waals surface area contributed by atoms with Gasteiger partial charge in [-0.15, -0.1) is 0 Å². The predicted octanol–water partition coefficient (Wildman–Crippen LogP) is 1.74. The fraction of sp³-hybridized carbons (Fsp3) is 0.400. The lowest BCUT2D eigenvalue weighted by Crippen LogP contribution is -2.15. The first-order valence-electron chi connectivity index (χ1n) is 4.98. The standard InChI is InChI=1S/C10H13F3N2O2S/c1-18(16,17)5-4-15-9-3-2-7(6-8(9)14)10(11,12)13/h2-3,6,15H,4-5,14H2,1H3. The topological polar surface area (TPSA) is 72.2 Å². The van der Waals surface area contributed by atoms with Crippen LogP contribution < -0.4 is 11.1 Å². The fourth-order valence-corrected chi connectivity index (χ4v) is 1.74. The molecule has 0 aromatic heterocycles. The summed E-state index contributed by atoms with van der Waals surface area (Å²) in [5.74, 6) is -0.118. The van der Waals surface area contributed by atoms with Crippen molar-refractivity contribution in [3.05, 3.63) is 23.8 Å². The van der Waals surface area contributed by atoms with Gasteiger partial charge < -0.3 is 11.1 Å². The molecule has 18 heavy (non-hydrogen) atoms. The molecule has 0 bridgehead atoms. The Morgan fingerprint density at radius 1 is 1.33 bits per heavy atom. The van der Waals surface area contributed by atoms with Crippen molar-refractivity contribution in [1.29, 1.82) is 0 Å². The van der Waals surface area contributed by atoms with Crippen LogP contribution in [-0.4, -0.2) is 27.0 Å². The lowest BCUT2D eigenvalue weighted by atomic mass is 10.1. The number of benzene rings is 1. The molecule has 0 radical (unpaired) electrons. The largest absolute Gasteiger partial charge is 0.416 e. The Bertz CT molecular complexity index is 526. The minimum Gasteiger partial charge on any atom is -0.397 e. The molecule has 102 valence electrons. The average Bonchev–Trinajstić information content (AvgIpc) is 2.17. The van der Waals surface area contributed by atoms with Crippen LogP contribution in [0.1, 0.15) is 5.56 Å². The molecule has 3 N–H and O–H groups in total. The van der Waals surface area contributed by atoms with Gasteiger partial charge in [0.1, 0.15) is 9.84 Å². The van der Waals surface area contributed by atoms with Crippen LogP contribution in [0.15, 0.2) is 18.2 Å². The fourth-order valence-electron chi connectivity index (χ4n) is 1.27. The number of halogens is 3. The van der Waals surface area contributed by atoms with E-state index in [1.807, 2.05) is 0 Å². The highest BCUT2D eigenvalue weighted by Crippen LogP contribution is 2.32. The molecule has 0 heterocycles. The van der Waals surface area contributed by atoms with E-state index in [0.29, 0.717) is 0 Å². The zero-order valence-corrected chi connectivity index (χ0v) is 10.4. The summed E-state index contributed by atoms with van der Waals surface area (Å²) in [5.41, 5.74) is 4.83. The van der Waals surface area contributed by atoms with Crippen molar-refractivity contribution in [2.75, 3.05) is 29.6 Å². The summed E-state index contributed by atoms with van der Waals surface area (Å²) >= 11 is 0. The molecule has 0 aliphatic heterocycles. The Labute approximate surface area is 103 Å². The number of anilines is 2. The summed E-state index contributed by atoms with van der Waals surface area (Å²) in [6.07, 6.45) is -3.37. The molecule has 1 aromatic rings. The van der Waals surface area contributed by atoms with Gasteiger partial charge in [0.2, 0.25) is 0 Å². The van der Waals surface area contributed by atoms with Gasteiger partial charge in [0.05, 0.1) is 22.7 Å². The quantitative estimate of drug-likeness (QED) is 0.825. The molecular weight excluding hydrogens is 269 g/mol. The first-order valence-corrected chi connectivity index (χ1v) is 7.04. The van der Waals surface area contributed by atoms with Crippen molar-refractivity contribution in [3.8, 4) is 0 Å². The average molecular weight is 282 g/mol. The summed E-state index contributed by atoms with van der Waals surface area (Å²) < 4.78 is 58.8. The van der Waals surface area contributed by atoms with Crippen molar-refractivity contribution < 1.29 is 21.6 Å². The third-order valence-corrected chi connectivity index (χ3v) is 3.11. The molecule has 4 nitrogen and oxygen atoms in total. The minimum absolute atomic E-state index is 0.0710. The number of nitrogens with one attached hydrogen (secondary N) is 1. The number of sulfone groups is 1. The van der Waals surface area contributed by atoms with Gasteiger partial charge in [-0.1, -0.05) is 0 Å². The van der Waals surface area contributed by atoms with Crippen LogP contribution in [0.3, 0.4) is 0 Å². The van der Waals surface area contributed by atoms with Crippen LogP contribution in [0, 0.1) is 0 Å². The van der Waals surface area contributed by atoms with Crippen molar-refractivity contribution >= 4 is 21.2 Å². The molecular formula is C10H13F3N2O2S.